The van der Waals surface area contributed by atoms with Gasteiger partial charge in [0.1, 0.15) is 17.4 Å². The largest absolute Gasteiger partial charge is 0.494 e. The van der Waals surface area contributed by atoms with Gasteiger partial charge in [0.2, 0.25) is 0 Å². The van der Waals surface area contributed by atoms with Crippen LogP contribution < -0.4 is 10.1 Å². The standard InChI is InChI=1S/C18H26N2O3/c1-6-9-23-15-7-8-16(14(10-15)12-19)20-17(21)18(4,22-5)11-13(2)3/h7-8,10,13H,6,9,11H2,1-5H3,(H,20,21). The van der Waals surface area contributed by atoms with E-state index in [0.717, 1.165) is 6.42 Å². The van der Waals surface area contributed by atoms with Crippen molar-refractivity contribution >= 4 is 11.6 Å². The van der Waals surface area contributed by atoms with Crippen LogP contribution in [0.2, 0.25) is 0 Å². The molecule has 0 aliphatic carbocycles. The number of anilines is 1. The fraction of sp³-hybridized carbons (Fsp3) is 0.556. The van der Waals surface area contributed by atoms with Gasteiger partial charge in [-0.25, -0.2) is 0 Å². The molecular formula is C18H26N2O3. The van der Waals surface area contributed by atoms with Crippen LogP contribution in [-0.4, -0.2) is 25.2 Å². The number of benzene rings is 1. The first-order chi connectivity index (χ1) is 10.9. The van der Waals surface area contributed by atoms with Crippen molar-refractivity contribution in [3.05, 3.63) is 23.8 Å². The van der Waals surface area contributed by atoms with Crippen LogP contribution in [0.3, 0.4) is 0 Å². The second-order valence-electron chi connectivity index (χ2n) is 6.15. The number of rotatable bonds is 8. The van der Waals surface area contributed by atoms with Crippen molar-refractivity contribution in [2.75, 3.05) is 19.0 Å². The van der Waals surface area contributed by atoms with Gasteiger partial charge in [0.15, 0.2) is 0 Å². The SMILES string of the molecule is CCCOc1ccc(NC(=O)C(C)(CC(C)C)OC)c(C#N)c1. The average Bonchev–Trinajstić information content (AvgIpc) is 2.52. The minimum absolute atomic E-state index is 0.257. The van der Waals surface area contributed by atoms with Gasteiger partial charge in [-0.05, 0) is 43.9 Å². The Morgan fingerprint density at radius 3 is 2.65 bits per heavy atom. The van der Waals surface area contributed by atoms with Crippen molar-refractivity contribution < 1.29 is 14.3 Å². The predicted molar refractivity (Wildman–Crippen MR) is 90.4 cm³/mol. The third-order valence-corrected chi connectivity index (χ3v) is 3.56. The molecule has 0 aliphatic rings. The Balaban J connectivity index is 2.95. The minimum atomic E-state index is -0.932. The number of carbonyl (C=O) groups excluding carboxylic acids is 1. The Morgan fingerprint density at radius 1 is 1.43 bits per heavy atom. The van der Waals surface area contributed by atoms with Crippen molar-refractivity contribution in [1.29, 1.82) is 5.26 Å². The fourth-order valence-electron chi connectivity index (χ4n) is 2.34. The van der Waals surface area contributed by atoms with Crippen LogP contribution >= 0.6 is 0 Å². The predicted octanol–water partition coefficient (Wildman–Crippen LogP) is 3.74. The summed E-state index contributed by atoms with van der Waals surface area (Å²) in [5.41, 5.74) is -0.0958. The van der Waals surface area contributed by atoms with Gasteiger partial charge < -0.3 is 14.8 Å². The van der Waals surface area contributed by atoms with Crippen LogP contribution in [0.25, 0.3) is 0 Å². The number of nitriles is 1. The highest BCUT2D eigenvalue weighted by molar-refractivity contribution is 5.98. The van der Waals surface area contributed by atoms with Gasteiger partial charge in [-0.2, -0.15) is 5.26 Å². The second kappa shape index (κ2) is 8.54. The topological polar surface area (TPSA) is 71.3 Å². The average molecular weight is 318 g/mol. The first kappa shape index (κ1) is 19.0. The number of nitrogens with one attached hydrogen (secondary N) is 1. The number of ether oxygens (including phenoxy) is 2. The van der Waals surface area contributed by atoms with Crippen LogP contribution in [0.1, 0.15) is 46.1 Å². The summed E-state index contributed by atoms with van der Waals surface area (Å²) in [5.74, 6) is 0.677. The molecule has 1 unspecified atom stereocenters. The normalized spacial score (nSPS) is 13.3. The molecule has 23 heavy (non-hydrogen) atoms. The third-order valence-electron chi connectivity index (χ3n) is 3.56. The van der Waals surface area contributed by atoms with E-state index in [2.05, 4.69) is 11.4 Å². The van der Waals surface area contributed by atoms with Gasteiger partial charge in [-0.15, -0.1) is 0 Å². The summed E-state index contributed by atoms with van der Waals surface area (Å²) >= 11 is 0. The van der Waals surface area contributed by atoms with Gasteiger partial charge in [0.25, 0.3) is 5.91 Å². The second-order valence-corrected chi connectivity index (χ2v) is 6.15. The Bertz CT molecular complexity index is 578. The molecule has 0 aromatic heterocycles. The lowest BCUT2D eigenvalue weighted by Gasteiger charge is -2.28. The van der Waals surface area contributed by atoms with Gasteiger partial charge >= 0.3 is 0 Å². The number of hydrogen-bond acceptors (Lipinski definition) is 4. The maximum absolute atomic E-state index is 12.5. The molecule has 1 atom stereocenters. The molecule has 0 fully saturated rings. The first-order valence-corrected chi connectivity index (χ1v) is 7.89. The summed E-state index contributed by atoms with van der Waals surface area (Å²) in [5, 5.41) is 12.1. The maximum atomic E-state index is 12.5. The molecule has 0 saturated carbocycles. The van der Waals surface area contributed by atoms with E-state index in [1.807, 2.05) is 20.8 Å². The Labute approximate surface area is 138 Å². The van der Waals surface area contributed by atoms with Crippen LogP contribution in [0, 0.1) is 17.2 Å². The van der Waals surface area contributed by atoms with E-state index in [0.29, 0.717) is 35.9 Å². The lowest BCUT2D eigenvalue weighted by molar-refractivity contribution is -0.137. The molecule has 1 aromatic rings. The quantitative estimate of drug-likeness (QED) is 0.792. The zero-order chi connectivity index (χ0) is 17.5. The van der Waals surface area contributed by atoms with E-state index in [1.165, 1.54) is 7.11 Å². The van der Waals surface area contributed by atoms with Crippen LogP contribution in [0.4, 0.5) is 5.69 Å². The zero-order valence-electron chi connectivity index (χ0n) is 14.6. The molecule has 0 aliphatic heterocycles. The molecule has 5 nitrogen and oxygen atoms in total. The van der Waals surface area contributed by atoms with E-state index >= 15 is 0 Å². The van der Waals surface area contributed by atoms with Gasteiger partial charge in [0, 0.05) is 7.11 Å². The number of methoxy groups -OCH3 is 1. The molecule has 1 aromatic carbocycles. The molecule has 0 spiro atoms. The van der Waals surface area contributed by atoms with E-state index < -0.39 is 5.60 Å². The molecule has 0 bridgehead atoms. The Kier molecular flexibility index (Phi) is 7.05. The highest BCUT2D eigenvalue weighted by Gasteiger charge is 2.34. The molecule has 126 valence electrons. The van der Waals surface area contributed by atoms with Gasteiger partial charge in [-0.3, -0.25) is 4.79 Å². The zero-order valence-corrected chi connectivity index (χ0v) is 14.6. The van der Waals surface area contributed by atoms with Crippen molar-refractivity contribution in [2.45, 2.75) is 46.1 Å². The highest BCUT2D eigenvalue weighted by Crippen LogP contribution is 2.26. The molecule has 5 heteroatoms. The first-order valence-electron chi connectivity index (χ1n) is 7.89. The molecule has 0 saturated heterocycles. The summed E-state index contributed by atoms with van der Waals surface area (Å²) in [4.78, 5) is 12.5. The van der Waals surface area contributed by atoms with E-state index in [4.69, 9.17) is 9.47 Å². The Hall–Kier alpha value is -2.06. The lowest BCUT2D eigenvalue weighted by Crippen LogP contribution is -2.43. The summed E-state index contributed by atoms with van der Waals surface area (Å²) < 4.78 is 10.9. The van der Waals surface area contributed by atoms with Crippen molar-refractivity contribution in [2.24, 2.45) is 5.92 Å². The fourth-order valence-corrected chi connectivity index (χ4v) is 2.34. The van der Waals surface area contributed by atoms with E-state index in [-0.39, 0.29) is 5.91 Å². The van der Waals surface area contributed by atoms with E-state index in [9.17, 15) is 10.1 Å². The molecule has 1 rings (SSSR count). The van der Waals surface area contributed by atoms with Crippen molar-refractivity contribution in [3.63, 3.8) is 0 Å². The van der Waals surface area contributed by atoms with Crippen molar-refractivity contribution in [3.8, 4) is 11.8 Å². The summed E-state index contributed by atoms with van der Waals surface area (Å²) in [6.45, 7) is 8.43. The molecule has 0 heterocycles. The maximum Gasteiger partial charge on any atom is 0.256 e. The Morgan fingerprint density at radius 2 is 2.13 bits per heavy atom. The number of amides is 1. The number of nitrogens with zero attached hydrogens (tertiary/aromatic N) is 1. The lowest BCUT2D eigenvalue weighted by atomic mass is 9.93. The number of hydrogen-bond donors (Lipinski definition) is 1. The highest BCUT2D eigenvalue weighted by atomic mass is 16.5. The molecular weight excluding hydrogens is 292 g/mol. The molecule has 1 amide bonds. The monoisotopic (exact) mass is 318 g/mol. The summed E-state index contributed by atoms with van der Waals surface area (Å²) in [7, 11) is 1.52. The van der Waals surface area contributed by atoms with Crippen molar-refractivity contribution in [1.82, 2.24) is 0 Å². The van der Waals surface area contributed by atoms with Crippen LogP contribution in [0.5, 0.6) is 5.75 Å². The van der Waals surface area contributed by atoms with E-state index in [1.54, 1.807) is 25.1 Å². The molecule has 0 radical (unpaired) electrons. The summed E-state index contributed by atoms with van der Waals surface area (Å²) in [6.07, 6.45) is 1.48. The third kappa shape index (κ3) is 5.26. The summed E-state index contributed by atoms with van der Waals surface area (Å²) in [6, 6.07) is 7.17. The molecule has 1 N–H and O–H groups in total. The van der Waals surface area contributed by atoms with Gasteiger partial charge in [0.05, 0.1) is 17.9 Å². The van der Waals surface area contributed by atoms with Gasteiger partial charge in [-0.1, -0.05) is 20.8 Å². The van der Waals surface area contributed by atoms with Crippen LogP contribution in [0.15, 0.2) is 18.2 Å². The van der Waals surface area contributed by atoms with Crippen LogP contribution in [-0.2, 0) is 9.53 Å². The number of carbonyl (C=O) groups is 1. The minimum Gasteiger partial charge on any atom is -0.494 e. The smallest absolute Gasteiger partial charge is 0.256 e.